The maximum atomic E-state index is 11.7. The van der Waals surface area contributed by atoms with Crippen molar-refractivity contribution in [3.05, 3.63) is 0 Å². The molecule has 2 fully saturated rings. The van der Waals surface area contributed by atoms with Gasteiger partial charge in [-0.2, -0.15) is 0 Å². The summed E-state index contributed by atoms with van der Waals surface area (Å²) in [5, 5.41) is 0. The lowest BCUT2D eigenvalue weighted by Gasteiger charge is -2.34. The largest absolute Gasteiger partial charge is 0.328 e. The summed E-state index contributed by atoms with van der Waals surface area (Å²) in [7, 11) is 0. The van der Waals surface area contributed by atoms with Gasteiger partial charge in [0.2, 0.25) is 11.8 Å². The molecule has 2 rings (SSSR count). The van der Waals surface area contributed by atoms with E-state index in [-0.39, 0.29) is 17.9 Å². The van der Waals surface area contributed by atoms with Crippen LogP contribution in [0.3, 0.4) is 0 Å². The molecule has 0 spiro atoms. The van der Waals surface area contributed by atoms with Crippen molar-refractivity contribution < 1.29 is 9.59 Å². The highest BCUT2D eigenvalue weighted by Crippen LogP contribution is 2.30. The monoisotopic (exact) mass is 224 g/mol. The van der Waals surface area contributed by atoms with Crippen LogP contribution in [0.4, 0.5) is 0 Å². The topological polar surface area (TPSA) is 63.4 Å². The van der Waals surface area contributed by atoms with Gasteiger partial charge in [-0.15, -0.1) is 0 Å². The molecular weight excluding hydrogens is 204 g/mol. The predicted molar refractivity (Wildman–Crippen MR) is 60.5 cm³/mol. The van der Waals surface area contributed by atoms with E-state index in [0.29, 0.717) is 25.3 Å². The quantitative estimate of drug-likeness (QED) is 0.729. The summed E-state index contributed by atoms with van der Waals surface area (Å²) in [5.74, 6) is 0.391. The molecule has 1 atom stereocenters. The number of rotatable bonds is 3. The van der Waals surface area contributed by atoms with E-state index in [2.05, 4.69) is 0 Å². The molecule has 1 heterocycles. The molecule has 4 heteroatoms. The van der Waals surface area contributed by atoms with Crippen molar-refractivity contribution in [1.29, 1.82) is 0 Å². The number of imide groups is 1. The first-order chi connectivity index (χ1) is 7.74. The van der Waals surface area contributed by atoms with Gasteiger partial charge in [0.05, 0.1) is 6.04 Å². The highest BCUT2D eigenvalue weighted by atomic mass is 16.2. The third kappa shape index (κ3) is 2.12. The van der Waals surface area contributed by atoms with Gasteiger partial charge in [0.15, 0.2) is 0 Å². The molecule has 1 unspecified atom stereocenters. The molecule has 2 amide bonds. The van der Waals surface area contributed by atoms with Crippen molar-refractivity contribution >= 4 is 11.8 Å². The number of hydrogen-bond acceptors (Lipinski definition) is 3. The number of likely N-dealkylation sites (tertiary alicyclic amines) is 1. The van der Waals surface area contributed by atoms with Gasteiger partial charge in [-0.1, -0.05) is 19.3 Å². The van der Waals surface area contributed by atoms with E-state index in [1.807, 2.05) is 0 Å². The van der Waals surface area contributed by atoms with Crippen LogP contribution in [0.15, 0.2) is 0 Å². The van der Waals surface area contributed by atoms with Gasteiger partial charge < -0.3 is 5.73 Å². The van der Waals surface area contributed by atoms with Crippen molar-refractivity contribution in [2.45, 2.75) is 51.0 Å². The van der Waals surface area contributed by atoms with E-state index in [0.717, 1.165) is 12.8 Å². The molecule has 16 heavy (non-hydrogen) atoms. The normalized spacial score (nSPS) is 25.2. The van der Waals surface area contributed by atoms with Gasteiger partial charge in [-0.3, -0.25) is 14.5 Å². The Morgan fingerprint density at radius 1 is 1.12 bits per heavy atom. The number of hydrogen-bond donors (Lipinski definition) is 1. The second-order valence-corrected chi connectivity index (χ2v) is 4.86. The molecular formula is C12H20N2O2. The number of nitrogens with zero attached hydrogens (tertiary/aromatic N) is 1. The van der Waals surface area contributed by atoms with Crippen LogP contribution in [0.1, 0.15) is 44.9 Å². The Morgan fingerprint density at radius 2 is 1.69 bits per heavy atom. The van der Waals surface area contributed by atoms with Gasteiger partial charge >= 0.3 is 0 Å². The summed E-state index contributed by atoms with van der Waals surface area (Å²) >= 11 is 0. The third-order valence-corrected chi connectivity index (χ3v) is 3.86. The minimum absolute atomic E-state index is 0.0222. The summed E-state index contributed by atoms with van der Waals surface area (Å²) in [6.45, 7) is 0.419. The van der Waals surface area contributed by atoms with Gasteiger partial charge in [0.25, 0.3) is 0 Å². The predicted octanol–water partition coefficient (Wildman–Crippen LogP) is 1.04. The molecule has 4 nitrogen and oxygen atoms in total. The Kier molecular flexibility index (Phi) is 3.59. The van der Waals surface area contributed by atoms with E-state index >= 15 is 0 Å². The highest BCUT2D eigenvalue weighted by Gasteiger charge is 2.38. The maximum absolute atomic E-state index is 11.7. The summed E-state index contributed by atoms with van der Waals surface area (Å²) in [4.78, 5) is 24.8. The van der Waals surface area contributed by atoms with Crippen LogP contribution in [0.5, 0.6) is 0 Å². The van der Waals surface area contributed by atoms with Crippen LogP contribution < -0.4 is 5.73 Å². The second-order valence-electron chi connectivity index (χ2n) is 4.86. The van der Waals surface area contributed by atoms with E-state index in [9.17, 15) is 9.59 Å². The zero-order valence-corrected chi connectivity index (χ0v) is 9.65. The van der Waals surface area contributed by atoms with Gasteiger partial charge in [-0.25, -0.2) is 0 Å². The van der Waals surface area contributed by atoms with Crippen LogP contribution in [0.25, 0.3) is 0 Å². The highest BCUT2D eigenvalue weighted by molar-refractivity contribution is 6.02. The zero-order chi connectivity index (χ0) is 11.5. The summed E-state index contributed by atoms with van der Waals surface area (Å²) in [5.41, 5.74) is 5.76. The minimum atomic E-state index is -0.0391. The number of amides is 2. The Hall–Kier alpha value is -0.900. The van der Waals surface area contributed by atoms with Gasteiger partial charge in [0, 0.05) is 19.4 Å². The van der Waals surface area contributed by atoms with Crippen LogP contribution in [0.2, 0.25) is 0 Å². The second kappa shape index (κ2) is 4.95. The SMILES string of the molecule is NCC(C1CCCCC1)N1C(=O)CCC1=O. The fourth-order valence-corrected chi connectivity index (χ4v) is 2.99. The molecule has 1 saturated carbocycles. The average molecular weight is 224 g/mol. The Labute approximate surface area is 96.2 Å². The fourth-order valence-electron chi connectivity index (χ4n) is 2.99. The van der Waals surface area contributed by atoms with Crippen LogP contribution >= 0.6 is 0 Å². The van der Waals surface area contributed by atoms with Crippen molar-refractivity contribution in [2.75, 3.05) is 6.54 Å². The van der Waals surface area contributed by atoms with E-state index in [1.54, 1.807) is 0 Å². The molecule has 90 valence electrons. The lowest BCUT2D eigenvalue weighted by molar-refractivity contribution is -0.142. The first kappa shape index (κ1) is 11.6. The lowest BCUT2D eigenvalue weighted by Crippen LogP contribution is -2.48. The minimum Gasteiger partial charge on any atom is -0.328 e. The third-order valence-electron chi connectivity index (χ3n) is 3.86. The van der Waals surface area contributed by atoms with Gasteiger partial charge in [-0.05, 0) is 18.8 Å². The molecule has 0 aromatic carbocycles. The first-order valence-corrected chi connectivity index (χ1v) is 6.29. The Morgan fingerprint density at radius 3 is 2.19 bits per heavy atom. The molecule has 2 N–H and O–H groups in total. The van der Waals surface area contributed by atoms with Crippen LogP contribution in [-0.2, 0) is 9.59 Å². The Balaban J connectivity index is 2.08. The smallest absolute Gasteiger partial charge is 0.229 e. The van der Waals surface area contributed by atoms with E-state index in [1.165, 1.54) is 24.2 Å². The number of carbonyl (C=O) groups excluding carboxylic acids is 2. The van der Waals surface area contributed by atoms with Crippen molar-refractivity contribution in [3.8, 4) is 0 Å². The average Bonchev–Trinajstić information content (AvgIpc) is 2.63. The van der Waals surface area contributed by atoms with Crippen LogP contribution in [0, 0.1) is 5.92 Å². The van der Waals surface area contributed by atoms with E-state index < -0.39 is 0 Å². The molecule has 1 aliphatic heterocycles. The zero-order valence-electron chi connectivity index (χ0n) is 9.65. The summed E-state index contributed by atoms with van der Waals surface area (Å²) in [6, 6.07) is -0.0391. The molecule has 0 aromatic heterocycles. The van der Waals surface area contributed by atoms with E-state index in [4.69, 9.17) is 5.73 Å². The summed E-state index contributed by atoms with van der Waals surface area (Å²) in [6.07, 6.45) is 6.66. The van der Waals surface area contributed by atoms with Gasteiger partial charge in [0.1, 0.15) is 0 Å². The number of nitrogens with two attached hydrogens (primary N) is 1. The fraction of sp³-hybridized carbons (Fsp3) is 0.833. The molecule has 0 bridgehead atoms. The van der Waals surface area contributed by atoms with Crippen molar-refractivity contribution in [3.63, 3.8) is 0 Å². The number of carbonyl (C=O) groups is 2. The molecule has 0 radical (unpaired) electrons. The first-order valence-electron chi connectivity index (χ1n) is 6.29. The molecule has 2 aliphatic rings. The van der Waals surface area contributed by atoms with Crippen LogP contribution in [-0.4, -0.2) is 29.3 Å². The lowest BCUT2D eigenvalue weighted by atomic mass is 9.83. The molecule has 0 aromatic rings. The van der Waals surface area contributed by atoms with Crippen molar-refractivity contribution in [1.82, 2.24) is 4.90 Å². The maximum Gasteiger partial charge on any atom is 0.229 e. The molecule has 1 saturated heterocycles. The van der Waals surface area contributed by atoms with Crippen molar-refractivity contribution in [2.24, 2.45) is 11.7 Å². The Bertz CT molecular complexity index is 269. The summed E-state index contributed by atoms with van der Waals surface area (Å²) < 4.78 is 0. The molecule has 1 aliphatic carbocycles. The standard InChI is InChI=1S/C12H20N2O2/c13-8-10(9-4-2-1-3-5-9)14-11(15)6-7-12(14)16/h9-10H,1-8,13H2.